The van der Waals surface area contributed by atoms with Crippen LogP contribution < -0.4 is 0 Å². The molecule has 0 unspecified atom stereocenters. The Bertz CT molecular complexity index is 239. The molecule has 2 nitrogen and oxygen atoms in total. The second-order valence-corrected chi connectivity index (χ2v) is 3.54. The molecule has 58 valence electrons. The van der Waals surface area contributed by atoms with E-state index in [4.69, 9.17) is 0 Å². The highest BCUT2D eigenvalue weighted by Gasteiger charge is 2.33. The second kappa shape index (κ2) is 2.29. The van der Waals surface area contributed by atoms with E-state index in [-0.39, 0.29) is 0 Å². The van der Waals surface area contributed by atoms with Gasteiger partial charge in [0.25, 0.3) is 0 Å². The van der Waals surface area contributed by atoms with Gasteiger partial charge in [-0.3, -0.25) is 0 Å². The molecule has 0 amide bonds. The monoisotopic (exact) mass is 148 g/mol. The summed E-state index contributed by atoms with van der Waals surface area (Å²) in [6.07, 6.45) is 9.40. The lowest BCUT2D eigenvalue weighted by atomic mass is 9.67. The molecule has 11 heavy (non-hydrogen) atoms. The minimum absolute atomic E-state index is 0.390. The third kappa shape index (κ3) is 1.02. The van der Waals surface area contributed by atoms with Crippen LogP contribution in [-0.2, 0) is 5.41 Å². The molecule has 1 aliphatic rings. The van der Waals surface area contributed by atoms with Gasteiger partial charge in [-0.05, 0) is 23.8 Å². The van der Waals surface area contributed by atoms with Gasteiger partial charge in [0.05, 0.1) is 0 Å². The lowest BCUT2D eigenvalue weighted by Crippen LogP contribution is -2.30. The molecule has 1 heterocycles. The van der Waals surface area contributed by atoms with Gasteiger partial charge < -0.3 is 0 Å². The first-order valence-corrected chi connectivity index (χ1v) is 4.07. The lowest BCUT2D eigenvalue weighted by Gasteiger charge is -2.38. The van der Waals surface area contributed by atoms with E-state index in [0.29, 0.717) is 5.41 Å². The molecule has 0 spiro atoms. The Morgan fingerprint density at radius 1 is 1.27 bits per heavy atom. The van der Waals surface area contributed by atoms with Crippen molar-refractivity contribution in [3.05, 3.63) is 24.3 Å². The smallest absolute Gasteiger partial charge is 0.115 e. The van der Waals surface area contributed by atoms with Gasteiger partial charge in [0.2, 0.25) is 0 Å². The SMILES string of the molecule is CC1(c2cncnc2)CCC1. The van der Waals surface area contributed by atoms with Crippen molar-refractivity contribution in [2.45, 2.75) is 31.6 Å². The van der Waals surface area contributed by atoms with Crippen LogP contribution in [0.3, 0.4) is 0 Å². The van der Waals surface area contributed by atoms with E-state index in [1.165, 1.54) is 24.8 Å². The van der Waals surface area contributed by atoms with Crippen LogP contribution in [0.1, 0.15) is 31.7 Å². The lowest BCUT2D eigenvalue weighted by molar-refractivity contribution is 0.270. The van der Waals surface area contributed by atoms with E-state index in [9.17, 15) is 0 Å². The van der Waals surface area contributed by atoms with Gasteiger partial charge in [0.1, 0.15) is 6.33 Å². The molecule has 0 aliphatic heterocycles. The average Bonchev–Trinajstić information content (AvgIpc) is 2.02. The van der Waals surface area contributed by atoms with Crippen molar-refractivity contribution in [2.24, 2.45) is 0 Å². The molecule has 1 aromatic heterocycles. The van der Waals surface area contributed by atoms with Crippen molar-refractivity contribution in [1.82, 2.24) is 9.97 Å². The van der Waals surface area contributed by atoms with Gasteiger partial charge in [0.15, 0.2) is 0 Å². The fourth-order valence-electron chi connectivity index (χ4n) is 1.61. The summed E-state index contributed by atoms with van der Waals surface area (Å²) in [6.45, 7) is 2.29. The van der Waals surface area contributed by atoms with Gasteiger partial charge in [-0.25, -0.2) is 9.97 Å². The molecule has 1 saturated carbocycles. The molecule has 0 atom stereocenters. The Morgan fingerprint density at radius 3 is 2.36 bits per heavy atom. The van der Waals surface area contributed by atoms with Gasteiger partial charge in [-0.15, -0.1) is 0 Å². The predicted molar refractivity (Wildman–Crippen MR) is 43.2 cm³/mol. The van der Waals surface area contributed by atoms with Gasteiger partial charge in [-0.1, -0.05) is 13.3 Å². The molecule has 0 bridgehead atoms. The largest absolute Gasteiger partial charge is 0.245 e. The maximum atomic E-state index is 4.02. The molecule has 0 N–H and O–H groups in total. The fraction of sp³-hybridized carbons (Fsp3) is 0.556. The van der Waals surface area contributed by atoms with Gasteiger partial charge in [-0.2, -0.15) is 0 Å². The third-order valence-corrected chi connectivity index (χ3v) is 2.71. The van der Waals surface area contributed by atoms with Crippen molar-refractivity contribution < 1.29 is 0 Å². The summed E-state index contributed by atoms with van der Waals surface area (Å²) in [5, 5.41) is 0. The first kappa shape index (κ1) is 6.77. The highest BCUT2D eigenvalue weighted by Crippen LogP contribution is 2.42. The zero-order valence-electron chi connectivity index (χ0n) is 6.75. The van der Waals surface area contributed by atoms with Crippen LogP contribution >= 0.6 is 0 Å². The first-order valence-electron chi connectivity index (χ1n) is 4.07. The van der Waals surface area contributed by atoms with Crippen LogP contribution in [0.15, 0.2) is 18.7 Å². The molecule has 0 saturated heterocycles. The van der Waals surface area contributed by atoms with E-state index in [2.05, 4.69) is 16.9 Å². The van der Waals surface area contributed by atoms with E-state index in [1.54, 1.807) is 6.33 Å². The van der Waals surface area contributed by atoms with E-state index in [1.807, 2.05) is 12.4 Å². The standard InChI is InChI=1S/C9H12N2/c1-9(3-2-4-9)8-5-10-7-11-6-8/h5-7H,2-4H2,1H3. The third-order valence-electron chi connectivity index (χ3n) is 2.71. The zero-order valence-corrected chi connectivity index (χ0v) is 6.75. The van der Waals surface area contributed by atoms with Crippen LogP contribution in [-0.4, -0.2) is 9.97 Å². The van der Waals surface area contributed by atoms with Gasteiger partial charge in [0, 0.05) is 12.4 Å². The Morgan fingerprint density at radius 2 is 1.91 bits per heavy atom. The summed E-state index contributed by atoms with van der Waals surface area (Å²) < 4.78 is 0. The highest BCUT2D eigenvalue weighted by molar-refractivity contribution is 5.20. The molecule has 2 heteroatoms. The zero-order chi connectivity index (χ0) is 7.73. The molecule has 1 aromatic rings. The molecule has 0 radical (unpaired) electrons. The summed E-state index contributed by atoms with van der Waals surface area (Å²) >= 11 is 0. The maximum Gasteiger partial charge on any atom is 0.115 e. The second-order valence-electron chi connectivity index (χ2n) is 3.54. The Hall–Kier alpha value is -0.920. The molecule has 1 aliphatic carbocycles. The minimum Gasteiger partial charge on any atom is -0.245 e. The molecule has 2 rings (SSSR count). The van der Waals surface area contributed by atoms with E-state index in [0.717, 1.165) is 0 Å². The Balaban J connectivity index is 2.29. The van der Waals surface area contributed by atoms with Crippen LogP contribution in [0.2, 0.25) is 0 Å². The highest BCUT2D eigenvalue weighted by atomic mass is 14.8. The molecular formula is C9H12N2. The van der Waals surface area contributed by atoms with Crippen molar-refractivity contribution in [3.63, 3.8) is 0 Å². The molecule has 0 aromatic carbocycles. The summed E-state index contributed by atoms with van der Waals surface area (Å²) in [7, 11) is 0. The number of hydrogen-bond acceptors (Lipinski definition) is 2. The summed E-state index contributed by atoms with van der Waals surface area (Å²) in [4.78, 5) is 8.04. The topological polar surface area (TPSA) is 25.8 Å². The van der Waals surface area contributed by atoms with Crippen molar-refractivity contribution in [3.8, 4) is 0 Å². The maximum absolute atomic E-state index is 4.02. The normalized spacial score (nSPS) is 20.8. The Labute approximate surface area is 66.7 Å². The first-order chi connectivity index (χ1) is 5.31. The summed E-state index contributed by atoms with van der Waals surface area (Å²) in [6, 6.07) is 0. The average molecular weight is 148 g/mol. The van der Waals surface area contributed by atoms with Crippen molar-refractivity contribution in [2.75, 3.05) is 0 Å². The molecular weight excluding hydrogens is 136 g/mol. The Kier molecular flexibility index (Phi) is 1.41. The van der Waals surface area contributed by atoms with Crippen LogP contribution in [0.25, 0.3) is 0 Å². The number of hydrogen-bond donors (Lipinski definition) is 0. The number of rotatable bonds is 1. The number of nitrogens with zero attached hydrogens (tertiary/aromatic N) is 2. The van der Waals surface area contributed by atoms with Crippen LogP contribution in [0.5, 0.6) is 0 Å². The van der Waals surface area contributed by atoms with Crippen molar-refractivity contribution in [1.29, 1.82) is 0 Å². The summed E-state index contributed by atoms with van der Waals surface area (Å²) in [5.41, 5.74) is 1.69. The fourth-order valence-corrected chi connectivity index (χ4v) is 1.61. The van der Waals surface area contributed by atoms with E-state index < -0.39 is 0 Å². The minimum atomic E-state index is 0.390. The van der Waals surface area contributed by atoms with E-state index >= 15 is 0 Å². The molecule has 1 fully saturated rings. The summed E-state index contributed by atoms with van der Waals surface area (Å²) in [5.74, 6) is 0. The number of aromatic nitrogens is 2. The van der Waals surface area contributed by atoms with Gasteiger partial charge >= 0.3 is 0 Å². The van der Waals surface area contributed by atoms with Crippen LogP contribution in [0.4, 0.5) is 0 Å². The van der Waals surface area contributed by atoms with Crippen molar-refractivity contribution >= 4 is 0 Å². The van der Waals surface area contributed by atoms with Crippen LogP contribution in [0, 0.1) is 0 Å². The predicted octanol–water partition coefficient (Wildman–Crippen LogP) is 1.92. The quantitative estimate of drug-likeness (QED) is 0.608.